The summed E-state index contributed by atoms with van der Waals surface area (Å²) in [5.41, 5.74) is 0. The second kappa shape index (κ2) is 4.12. The van der Waals surface area contributed by atoms with Crippen LogP contribution >= 0.6 is 0 Å². The van der Waals surface area contributed by atoms with E-state index in [1.54, 1.807) is 7.05 Å². The first kappa shape index (κ1) is 10.6. The number of nitrogens with zero attached hydrogens (tertiary/aromatic N) is 2. The molecule has 0 aromatic carbocycles. The van der Waals surface area contributed by atoms with Crippen LogP contribution in [0.5, 0.6) is 0 Å². The van der Waals surface area contributed by atoms with E-state index in [-0.39, 0.29) is 11.8 Å². The molecule has 1 aromatic heterocycles. The molecule has 0 atom stereocenters. The first-order chi connectivity index (χ1) is 6.51. The van der Waals surface area contributed by atoms with E-state index in [2.05, 4.69) is 20.6 Å². The normalized spacial score (nSPS) is 11.1. The van der Waals surface area contributed by atoms with Gasteiger partial charge in [0, 0.05) is 13.2 Å². The first-order valence-corrected chi connectivity index (χ1v) is 3.83. The lowest BCUT2D eigenvalue weighted by molar-refractivity contribution is -0.115. The minimum atomic E-state index is -4.25. The molecule has 0 aliphatic carbocycles. The average Bonchev–Trinajstić information content (AvgIpc) is 2.14. The Kier molecular flexibility index (Phi) is 3.10. The van der Waals surface area contributed by atoms with Crippen LogP contribution in [-0.2, 0) is 0 Å². The average molecular weight is 206 g/mol. The highest BCUT2D eigenvalue weighted by molar-refractivity contribution is 5.39. The summed E-state index contributed by atoms with van der Waals surface area (Å²) >= 11 is 0. The van der Waals surface area contributed by atoms with Gasteiger partial charge in [-0.15, -0.1) is 0 Å². The quantitative estimate of drug-likeness (QED) is 0.786. The minimum absolute atomic E-state index is 0.140. The lowest BCUT2D eigenvalue weighted by Gasteiger charge is -2.08. The Morgan fingerprint density at radius 1 is 1.43 bits per heavy atom. The van der Waals surface area contributed by atoms with Crippen LogP contribution in [0.4, 0.5) is 24.9 Å². The van der Waals surface area contributed by atoms with Crippen molar-refractivity contribution in [1.29, 1.82) is 0 Å². The Bertz CT molecular complexity index is 299. The van der Waals surface area contributed by atoms with Gasteiger partial charge in [-0.3, -0.25) is 0 Å². The summed E-state index contributed by atoms with van der Waals surface area (Å²) in [6, 6.07) is 1.37. The van der Waals surface area contributed by atoms with Crippen LogP contribution in [0.15, 0.2) is 12.3 Å². The predicted molar refractivity (Wildman–Crippen MR) is 46.1 cm³/mol. The molecule has 14 heavy (non-hydrogen) atoms. The van der Waals surface area contributed by atoms with Crippen LogP contribution in [0.3, 0.4) is 0 Å². The van der Waals surface area contributed by atoms with E-state index >= 15 is 0 Å². The molecule has 0 saturated heterocycles. The second-order valence-electron chi connectivity index (χ2n) is 2.48. The van der Waals surface area contributed by atoms with Crippen molar-refractivity contribution in [3.05, 3.63) is 12.3 Å². The number of halogens is 3. The van der Waals surface area contributed by atoms with E-state index in [9.17, 15) is 13.2 Å². The van der Waals surface area contributed by atoms with E-state index in [1.807, 2.05) is 0 Å². The molecule has 1 aromatic rings. The third-order valence-corrected chi connectivity index (χ3v) is 1.35. The molecule has 1 heterocycles. The number of aromatic nitrogens is 2. The van der Waals surface area contributed by atoms with Gasteiger partial charge in [-0.25, -0.2) is 4.98 Å². The number of alkyl halides is 3. The molecular formula is C7H9F3N4. The summed E-state index contributed by atoms with van der Waals surface area (Å²) in [5, 5.41) is 4.76. The van der Waals surface area contributed by atoms with Crippen LogP contribution in [-0.4, -0.2) is 29.7 Å². The second-order valence-corrected chi connectivity index (χ2v) is 2.48. The van der Waals surface area contributed by atoms with Gasteiger partial charge in [0.1, 0.15) is 12.4 Å². The summed E-state index contributed by atoms with van der Waals surface area (Å²) in [4.78, 5) is 7.52. The van der Waals surface area contributed by atoms with Crippen molar-refractivity contribution >= 4 is 11.8 Å². The molecule has 0 radical (unpaired) electrons. The number of nitrogens with one attached hydrogen (secondary N) is 2. The Balaban J connectivity index is 2.59. The summed E-state index contributed by atoms with van der Waals surface area (Å²) in [6.45, 7) is -1.10. The van der Waals surface area contributed by atoms with Gasteiger partial charge in [-0.05, 0) is 6.07 Å². The zero-order valence-corrected chi connectivity index (χ0v) is 7.39. The van der Waals surface area contributed by atoms with Gasteiger partial charge >= 0.3 is 6.18 Å². The molecule has 2 N–H and O–H groups in total. The van der Waals surface area contributed by atoms with Crippen LogP contribution < -0.4 is 10.6 Å². The molecule has 0 fully saturated rings. The van der Waals surface area contributed by atoms with Crippen molar-refractivity contribution in [1.82, 2.24) is 9.97 Å². The van der Waals surface area contributed by atoms with Crippen LogP contribution in [0, 0.1) is 0 Å². The highest BCUT2D eigenvalue weighted by Crippen LogP contribution is 2.15. The van der Waals surface area contributed by atoms with E-state index < -0.39 is 12.7 Å². The number of anilines is 2. The molecule has 0 unspecified atom stereocenters. The smallest absolute Gasteiger partial charge is 0.361 e. The molecular weight excluding hydrogens is 197 g/mol. The molecule has 78 valence electrons. The third-order valence-electron chi connectivity index (χ3n) is 1.35. The lowest BCUT2D eigenvalue weighted by Crippen LogP contribution is -2.21. The van der Waals surface area contributed by atoms with Crippen molar-refractivity contribution in [2.75, 3.05) is 24.2 Å². The fourth-order valence-corrected chi connectivity index (χ4v) is 0.768. The van der Waals surface area contributed by atoms with Crippen molar-refractivity contribution < 1.29 is 13.2 Å². The summed E-state index contributed by atoms with van der Waals surface area (Å²) < 4.78 is 35.4. The minimum Gasteiger partial charge on any atom is -0.361 e. The summed E-state index contributed by atoms with van der Waals surface area (Å²) in [6.07, 6.45) is -2.87. The van der Waals surface area contributed by atoms with E-state index in [0.29, 0.717) is 0 Å². The van der Waals surface area contributed by atoms with Crippen molar-refractivity contribution in [2.45, 2.75) is 6.18 Å². The molecule has 1 rings (SSSR count). The Hall–Kier alpha value is -1.53. The highest BCUT2D eigenvalue weighted by Gasteiger charge is 2.26. The Morgan fingerprint density at radius 3 is 2.71 bits per heavy atom. The molecule has 7 heteroatoms. The van der Waals surface area contributed by atoms with Gasteiger partial charge in [0.15, 0.2) is 0 Å². The largest absolute Gasteiger partial charge is 0.405 e. The van der Waals surface area contributed by atoms with Gasteiger partial charge in [0.25, 0.3) is 0 Å². The molecule has 0 saturated carbocycles. The van der Waals surface area contributed by atoms with Gasteiger partial charge in [0.05, 0.1) is 0 Å². The monoisotopic (exact) mass is 206 g/mol. The van der Waals surface area contributed by atoms with Crippen molar-refractivity contribution in [3.63, 3.8) is 0 Å². The molecule has 4 nitrogen and oxygen atoms in total. The van der Waals surface area contributed by atoms with Gasteiger partial charge < -0.3 is 10.6 Å². The number of hydrogen-bond donors (Lipinski definition) is 2. The third kappa shape index (κ3) is 3.46. The predicted octanol–water partition coefficient (Wildman–Crippen LogP) is 1.49. The fraction of sp³-hybridized carbons (Fsp3) is 0.429. The Labute approximate surface area is 78.6 Å². The SMILES string of the molecule is CNc1nccc(NCC(F)(F)F)n1. The number of hydrogen-bond acceptors (Lipinski definition) is 4. The maximum Gasteiger partial charge on any atom is 0.405 e. The standard InChI is InChI=1S/C7H9F3N4/c1-11-6-12-3-2-5(14-6)13-4-7(8,9)10/h2-3H,4H2,1H3,(H2,11,12,13,14). The fourth-order valence-electron chi connectivity index (χ4n) is 0.768. The first-order valence-electron chi connectivity index (χ1n) is 3.83. The maximum absolute atomic E-state index is 11.8. The molecule has 0 bridgehead atoms. The van der Waals surface area contributed by atoms with Crippen LogP contribution in [0.2, 0.25) is 0 Å². The zero-order chi connectivity index (χ0) is 10.6. The topological polar surface area (TPSA) is 49.8 Å². The molecule has 0 aliphatic rings. The zero-order valence-electron chi connectivity index (χ0n) is 7.39. The van der Waals surface area contributed by atoms with Gasteiger partial charge in [-0.1, -0.05) is 0 Å². The van der Waals surface area contributed by atoms with Gasteiger partial charge in [0.2, 0.25) is 5.95 Å². The van der Waals surface area contributed by atoms with Crippen LogP contribution in [0.25, 0.3) is 0 Å². The van der Waals surface area contributed by atoms with E-state index in [0.717, 1.165) is 0 Å². The molecule has 0 amide bonds. The van der Waals surface area contributed by atoms with E-state index in [1.165, 1.54) is 12.3 Å². The highest BCUT2D eigenvalue weighted by atomic mass is 19.4. The van der Waals surface area contributed by atoms with Crippen molar-refractivity contribution in [3.8, 4) is 0 Å². The molecule has 0 spiro atoms. The van der Waals surface area contributed by atoms with Gasteiger partial charge in [-0.2, -0.15) is 18.2 Å². The summed E-state index contributed by atoms with van der Waals surface area (Å²) in [7, 11) is 1.59. The van der Waals surface area contributed by atoms with E-state index in [4.69, 9.17) is 0 Å². The summed E-state index contributed by atoms with van der Waals surface area (Å²) in [5.74, 6) is 0.416. The van der Waals surface area contributed by atoms with Crippen LogP contribution in [0.1, 0.15) is 0 Å². The lowest BCUT2D eigenvalue weighted by atomic mass is 10.5. The number of rotatable bonds is 3. The Morgan fingerprint density at radius 2 is 2.14 bits per heavy atom. The molecule has 0 aliphatic heterocycles. The maximum atomic E-state index is 11.8. The van der Waals surface area contributed by atoms with Crippen molar-refractivity contribution in [2.24, 2.45) is 0 Å².